The van der Waals surface area contributed by atoms with Crippen LogP contribution in [0.5, 0.6) is 0 Å². The molecule has 0 radical (unpaired) electrons. The summed E-state index contributed by atoms with van der Waals surface area (Å²) in [4.78, 5) is 25.5. The lowest BCUT2D eigenvalue weighted by Gasteiger charge is -2.29. The number of anilines is 2. The van der Waals surface area contributed by atoms with Gasteiger partial charge < -0.3 is 15.0 Å². The van der Waals surface area contributed by atoms with Gasteiger partial charge in [0.2, 0.25) is 5.91 Å². The number of cyclic esters (lactones) is 1. The van der Waals surface area contributed by atoms with Crippen LogP contribution in [0.15, 0.2) is 48.5 Å². The number of carbonyl (C=O) groups is 2. The number of halogens is 1. The zero-order chi connectivity index (χ0) is 15.5. The third kappa shape index (κ3) is 3.04. The molecule has 0 aromatic heterocycles. The van der Waals surface area contributed by atoms with Gasteiger partial charge in [0.25, 0.3) is 0 Å². The molecule has 0 atom stereocenters. The summed E-state index contributed by atoms with van der Waals surface area (Å²) < 4.78 is 5.07. The van der Waals surface area contributed by atoms with Gasteiger partial charge in [0.15, 0.2) is 6.73 Å². The van der Waals surface area contributed by atoms with Crippen molar-refractivity contribution >= 4 is 34.9 Å². The second-order valence-corrected chi connectivity index (χ2v) is 5.27. The van der Waals surface area contributed by atoms with Gasteiger partial charge in [-0.15, -0.1) is 0 Å². The van der Waals surface area contributed by atoms with Gasteiger partial charge in [-0.25, -0.2) is 4.79 Å². The van der Waals surface area contributed by atoms with E-state index >= 15 is 0 Å². The lowest BCUT2D eigenvalue weighted by atomic mass is 10.1. The molecule has 6 heteroatoms. The standard InChI is InChI=1S/C16H13ClN2O3/c17-11-5-7-12(8-6-11)18-15(20)9-19-10-22-16(21)13-3-1-2-4-14(13)19/h1-8H,9-10H2,(H,18,20). The molecular weight excluding hydrogens is 304 g/mol. The second kappa shape index (κ2) is 6.07. The van der Waals surface area contributed by atoms with Crippen LogP contribution < -0.4 is 10.2 Å². The Morgan fingerprint density at radius 3 is 2.68 bits per heavy atom. The van der Waals surface area contributed by atoms with Gasteiger partial charge in [-0.3, -0.25) is 4.79 Å². The largest absolute Gasteiger partial charge is 0.441 e. The van der Waals surface area contributed by atoms with Crippen LogP contribution >= 0.6 is 11.6 Å². The molecule has 1 aliphatic heterocycles. The number of hydrogen-bond donors (Lipinski definition) is 1. The topological polar surface area (TPSA) is 58.6 Å². The SMILES string of the molecule is O=C(CN1COC(=O)c2ccccc21)Nc1ccc(Cl)cc1. The first kappa shape index (κ1) is 14.4. The summed E-state index contributed by atoms with van der Waals surface area (Å²) in [7, 11) is 0. The first-order chi connectivity index (χ1) is 10.6. The van der Waals surface area contributed by atoms with Crippen LogP contribution in [0, 0.1) is 0 Å². The molecule has 0 saturated heterocycles. The maximum atomic E-state index is 12.1. The lowest BCUT2D eigenvalue weighted by molar-refractivity contribution is -0.115. The third-order valence-electron chi connectivity index (χ3n) is 3.28. The predicted octanol–water partition coefficient (Wildman–Crippen LogP) is 2.91. The number of esters is 1. The van der Waals surface area contributed by atoms with E-state index in [1.807, 2.05) is 6.07 Å². The third-order valence-corrected chi connectivity index (χ3v) is 3.53. The fourth-order valence-electron chi connectivity index (χ4n) is 2.24. The van der Waals surface area contributed by atoms with Crippen molar-refractivity contribution in [3.05, 3.63) is 59.1 Å². The minimum Gasteiger partial charge on any atom is -0.441 e. The highest BCUT2D eigenvalue weighted by Gasteiger charge is 2.25. The molecule has 3 rings (SSSR count). The molecule has 5 nitrogen and oxygen atoms in total. The highest BCUT2D eigenvalue weighted by molar-refractivity contribution is 6.30. The number of para-hydroxylation sites is 1. The Kier molecular flexibility index (Phi) is 3.98. The zero-order valence-electron chi connectivity index (χ0n) is 11.6. The summed E-state index contributed by atoms with van der Waals surface area (Å²) in [6.07, 6.45) is 0. The summed E-state index contributed by atoms with van der Waals surface area (Å²) in [6.45, 7) is 0.150. The van der Waals surface area contributed by atoms with Crippen LogP contribution in [0.4, 0.5) is 11.4 Å². The average Bonchev–Trinajstić information content (AvgIpc) is 2.53. The Balaban J connectivity index is 1.71. The van der Waals surface area contributed by atoms with Crippen molar-refractivity contribution in [2.75, 3.05) is 23.5 Å². The Bertz CT molecular complexity index is 716. The molecule has 0 spiro atoms. The van der Waals surface area contributed by atoms with Crippen LogP contribution in [-0.2, 0) is 9.53 Å². The van der Waals surface area contributed by atoms with E-state index in [9.17, 15) is 9.59 Å². The van der Waals surface area contributed by atoms with Gasteiger partial charge in [0, 0.05) is 10.7 Å². The fraction of sp³-hybridized carbons (Fsp3) is 0.125. The monoisotopic (exact) mass is 316 g/mol. The molecule has 0 unspecified atom stereocenters. The van der Waals surface area contributed by atoms with E-state index in [-0.39, 0.29) is 25.2 Å². The summed E-state index contributed by atoms with van der Waals surface area (Å²) in [5.41, 5.74) is 1.83. The van der Waals surface area contributed by atoms with Crippen LogP contribution in [0.1, 0.15) is 10.4 Å². The first-order valence-electron chi connectivity index (χ1n) is 6.70. The van der Waals surface area contributed by atoms with Crippen molar-refractivity contribution in [3.63, 3.8) is 0 Å². The number of amides is 1. The van der Waals surface area contributed by atoms with E-state index in [0.29, 0.717) is 22.0 Å². The van der Waals surface area contributed by atoms with Gasteiger partial charge in [-0.1, -0.05) is 23.7 Å². The Hall–Kier alpha value is -2.53. The van der Waals surface area contributed by atoms with Crippen LogP contribution in [0.25, 0.3) is 0 Å². The van der Waals surface area contributed by atoms with Crippen molar-refractivity contribution in [2.45, 2.75) is 0 Å². The minimum absolute atomic E-state index is 0.0594. The Labute approximate surface area is 132 Å². The Morgan fingerprint density at radius 1 is 1.18 bits per heavy atom. The number of nitrogens with one attached hydrogen (secondary N) is 1. The van der Waals surface area contributed by atoms with Gasteiger partial charge in [-0.2, -0.15) is 0 Å². The Morgan fingerprint density at radius 2 is 1.91 bits per heavy atom. The predicted molar refractivity (Wildman–Crippen MR) is 84.2 cm³/mol. The van der Waals surface area contributed by atoms with Crippen LogP contribution in [0.3, 0.4) is 0 Å². The highest BCUT2D eigenvalue weighted by atomic mass is 35.5. The fourth-order valence-corrected chi connectivity index (χ4v) is 2.37. The quantitative estimate of drug-likeness (QED) is 0.885. The van der Waals surface area contributed by atoms with Crippen molar-refractivity contribution in [1.82, 2.24) is 0 Å². The smallest absolute Gasteiger partial charge is 0.341 e. The number of nitrogens with zero attached hydrogens (tertiary/aromatic N) is 1. The maximum absolute atomic E-state index is 12.1. The molecule has 2 aromatic rings. The number of benzene rings is 2. The number of carbonyl (C=O) groups excluding carboxylic acids is 2. The maximum Gasteiger partial charge on any atom is 0.341 e. The summed E-state index contributed by atoms with van der Waals surface area (Å²) in [5.74, 6) is -0.569. The van der Waals surface area contributed by atoms with E-state index in [0.717, 1.165) is 0 Å². The normalized spacial score (nSPS) is 13.3. The second-order valence-electron chi connectivity index (χ2n) is 4.83. The van der Waals surface area contributed by atoms with Crippen molar-refractivity contribution in [3.8, 4) is 0 Å². The summed E-state index contributed by atoms with van der Waals surface area (Å²) in [6, 6.07) is 13.9. The van der Waals surface area contributed by atoms with E-state index in [2.05, 4.69) is 5.32 Å². The van der Waals surface area contributed by atoms with E-state index in [1.54, 1.807) is 47.4 Å². The number of rotatable bonds is 3. The molecule has 112 valence electrons. The molecular formula is C16H13ClN2O3. The highest BCUT2D eigenvalue weighted by Crippen LogP contribution is 2.25. The van der Waals surface area contributed by atoms with E-state index in [4.69, 9.17) is 16.3 Å². The van der Waals surface area contributed by atoms with Gasteiger partial charge in [-0.05, 0) is 36.4 Å². The van der Waals surface area contributed by atoms with E-state index in [1.165, 1.54) is 0 Å². The molecule has 0 saturated carbocycles. The molecule has 0 aliphatic carbocycles. The zero-order valence-corrected chi connectivity index (χ0v) is 12.3. The first-order valence-corrected chi connectivity index (χ1v) is 7.08. The number of hydrogen-bond acceptors (Lipinski definition) is 4. The van der Waals surface area contributed by atoms with Crippen molar-refractivity contribution in [1.29, 1.82) is 0 Å². The van der Waals surface area contributed by atoms with Crippen molar-refractivity contribution < 1.29 is 14.3 Å². The molecule has 0 fully saturated rings. The number of ether oxygens (including phenoxy) is 1. The average molecular weight is 317 g/mol. The molecule has 1 amide bonds. The van der Waals surface area contributed by atoms with Gasteiger partial charge in [0.05, 0.1) is 11.3 Å². The van der Waals surface area contributed by atoms with E-state index < -0.39 is 0 Å². The minimum atomic E-state index is -0.370. The lowest BCUT2D eigenvalue weighted by Crippen LogP contribution is -2.39. The van der Waals surface area contributed by atoms with Gasteiger partial charge in [0.1, 0.15) is 6.54 Å². The molecule has 22 heavy (non-hydrogen) atoms. The van der Waals surface area contributed by atoms with Gasteiger partial charge >= 0.3 is 5.97 Å². The number of fused-ring (bicyclic) bond motifs is 1. The van der Waals surface area contributed by atoms with Crippen molar-refractivity contribution in [2.24, 2.45) is 0 Å². The molecule has 2 aromatic carbocycles. The summed E-state index contributed by atoms with van der Waals surface area (Å²) in [5, 5.41) is 3.39. The van der Waals surface area contributed by atoms with Crippen LogP contribution in [-0.4, -0.2) is 25.2 Å². The molecule has 0 bridgehead atoms. The summed E-state index contributed by atoms with van der Waals surface area (Å²) >= 11 is 5.80. The molecule has 1 N–H and O–H groups in total. The molecule has 1 aliphatic rings. The van der Waals surface area contributed by atoms with Crippen LogP contribution in [0.2, 0.25) is 5.02 Å². The molecule has 1 heterocycles.